The number of aromatic nitrogens is 3. The molecule has 0 radical (unpaired) electrons. The quantitative estimate of drug-likeness (QED) is 0.725. The predicted molar refractivity (Wildman–Crippen MR) is 99.0 cm³/mol. The van der Waals surface area contributed by atoms with Crippen molar-refractivity contribution in [2.24, 2.45) is 7.05 Å². The van der Waals surface area contributed by atoms with Crippen molar-refractivity contribution in [2.75, 3.05) is 13.1 Å². The number of carbonyl (C=O) groups excluding carboxylic acids is 1. The summed E-state index contributed by atoms with van der Waals surface area (Å²) in [6.45, 7) is 2.11. The van der Waals surface area contributed by atoms with Gasteiger partial charge < -0.3 is 9.64 Å². The summed E-state index contributed by atoms with van der Waals surface area (Å²) in [7, 11) is 1.86. The summed E-state index contributed by atoms with van der Waals surface area (Å²) in [4.78, 5) is 18.9. The Morgan fingerprint density at radius 1 is 1.19 bits per heavy atom. The Balaban J connectivity index is 1.49. The number of rotatable bonds is 4. The van der Waals surface area contributed by atoms with Gasteiger partial charge in [0.2, 0.25) is 0 Å². The Bertz CT molecular complexity index is 928. The lowest BCUT2D eigenvalue weighted by molar-refractivity contribution is 0.0724. The fourth-order valence-electron chi connectivity index (χ4n) is 3.38. The second-order valence-electron chi connectivity index (χ2n) is 6.66. The van der Waals surface area contributed by atoms with Crippen LogP contribution < -0.4 is 4.74 Å². The maximum Gasteiger partial charge on any atom is 0.253 e. The third-order valence-corrected chi connectivity index (χ3v) is 4.81. The summed E-state index contributed by atoms with van der Waals surface area (Å²) in [6.07, 6.45) is 6.88. The zero-order valence-electron chi connectivity index (χ0n) is 14.9. The predicted octanol–water partition coefficient (Wildman–Crippen LogP) is 3.17. The van der Waals surface area contributed by atoms with E-state index < -0.39 is 0 Å². The van der Waals surface area contributed by atoms with Gasteiger partial charge in [-0.25, -0.2) is 4.98 Å². The zero-order valence-corrected chi connectivity index (χ0v) is 14.9. The third kappa shape index (κ3) is 3.27. The lowest BCUT2D eigenvalue weighted by atomic mass is 10.1. The number of piperidine rings is 1. The highest BCUT2D eigenvalue weighted by atomic mass is 16.5. The number of nitrogens with zero attached hydrogens (tertiary/aromatic N) is 4. The maximum atomic E-state index is 12.7. The molecule has 1 aromatic carbocycles. The molecule has 0 spiro atoms. The molecule has 3 aromatic rings. The summed E-state index contributed by atoms with van der Waals surface area (Å²) in [5.41, 5.74) is 2.49. The minimum atomic E-state index is 0.116. The van der Waals surface area contributed by atoms with E-state index in [1.165, 1.54) is 6.42 Å². The first-order valence-electron chi connectivity index (χ1n) is 9.00. The number of ether oxygens (including phenoxy) is 1. The van der Waals surface area contributed by atoms with Crippen LogP contribution in [-0.2, 0) is 13.7 Å². The van der Waals surface area contributed by atoms with E-state index in [1.807, 2.05) is 42.3 Å². The van der Waals surface area contributed by atoms with Crippen LogP contribution in [0.2, 0.25) is 0 Å². The molecule has 6 heteroatoms. The first-order chi connectivity index (χ1) is 12.7. The normalized spacial score (nSPS) is 14.6. The number of hydrogen-bond acceptors (Lipinski definition) is 4. The second-order valence-corrected chi connectivity index (χ2v) is 6.66. The minimum Gasteiger partial charge on any atom is -0.488 e. The van der Waals surface area contributed by atoms with Gasteiger partial charge in [0.1, 0.15) is 12.4 Å². The van der Waals surface area contributed by atoms with Crippen LogP contribution in [0.4, 0.5) is 0 Å². The van der Waals surface area contributed by atoms with E-state index >= 15 is 0 Å². The zero-order chi connectivity index (χ0) is 17.9. The summed E-state index contributed by atoms with van der Waals surface area (Å²) in [5.74, 6) is 0.862. The molecule has 3 heterocycles. The van der Waals surface area contributed by atoms with Crippen molar-refractivity contribution < 1.29 is 9.53 Å². The molecule has 1 saturated heterocycles. The number of aryl methyl sites for hydroxylation is 1. The van der Waals surface area contributed by atoms with E-state index in [1.54, 1.807) is 17.1 Å². The van der Waals surface area contributed by atoms with Crippen molar-refractivity contribution in [3.63, 3.8) is 0 Å². The van der Waals surface area contributed by atoms with Crippen LogP contribution in [0.15, 0.2) is 42.7 Å². The highest BCUT2D eigenvalue weighted by Gasteiger charge is 2.18. The lowest BCUT2D eigenvalue weighted by Gasteiger charge is -2.26. The van der Waals surface area contributed by atoms with E-state index in [0.717, 1.165) is 53.8 Å². The molecule has 6 nitrogen and oxygen atoms in total. The molecule has 26 heavy (non-hydrogen) atoms. The number of amides is 1. The molecule has 0 aliphatic carbocycles. The Morgan fingerprint density at radius 2 is 2.04 bits per heavy atom. The molecule has 134 valence electrons. The minimum absolute atomic E-state index is 0.116. The van der Waals surface area contributed by atoms with Gasteiger partial charge in [-0.3, -0.25) is 9.48 Å². The molecular formula is C20H22N4O2. The van der Waals surface area contributed by atoms with E-state index in [-0.39, 0.29) is 5.91 Å². The number of hydrogen-bond donors (Lipinski definition) is 0. The Kier molecular flexibility index (Phi) is 4.56. The summed E-state index contributed by atoms with van der Waals surface area (Å²) in [6, 6.07) is 9.55. The van der Waals surface area contributed by atoms with Crippen LogP contribution in [0.25, 0.3) is 11.0 Å². The van der Waals surface area contributed by atoms with Gasteiger partial charge in [-0.2, -0.15) is 5.10 Å². The Morgan fingerprint density at radius 3 is 2.88 bits per heavy atom. The van der Waals surface area contributed by atoms with Crippen molar-refractivity contribution in [3.05, 3.63) is 53.9 Å². The van der Waals surface area contributed by atoms with Gasteiger partial charge in [-0.1, -0.05) is 12.1 Å². The summed E-state index contributed by atoms with van der Waals surface area (Å²) < 4.78 is 7.70. The van der Waals surface area contributed by atoms with Crippen LogP contribution in [0.1, 0.15) is 35.2 Å². The first kappa shape index (κ1) is 16.6. The van der Waals surface area contributed by atoms with Gasteiger partial charge in [-0.05, 0) is 43.0 Å². The average Bonchev–Trinajstić information content (AvgIpc) is 3.08. The standard InChI is InChI=1S/C20H22N4O2/c1-23-19-17(13-22-23)18(8-9-21-19)26-14-15-6-5-7-16(12-15)20(25)24-10-3-2-4-11-24/h5-9,12-13H,2-4,10-11,14H2,1H3. The molecule has 1 aliphatic rings. The van der Waals surface area contributed by atoms with E-state index in [4.69, 9.17) is 4.74 Å². The van der Waals surface area contributed by atoms with Crippen LogP contribution in [0, 0.1) is 0 Å². The Labute approximate surface area is 152 Å². The number of fused-ring (bicyclic) bond motifs is 1. The van der Waals surface area contributed by atoms with E-state index in [0.29, 0.717) is 6.61 Å². The highest BCUT2D eigenvalue weighted by molar-refractivity contribution is 5.94. The molecule has 1 amide bonds. The topological polar surface area (TPSA) is 60.3 Å². The molecule has 1 aliphatic heterocycles. The largest absolute Gasteiger partial charge is 0.488 e. The van der Waals surface area contributed by atoms with E-state index in [2.05, 4.69) is 10.1 Å². The maximum absolute atomic E-state index is 12.7. The molecule has 0 unspecified atom stereocenters. The number of pyridine rings is 1. The summed E-state index contributed by atoms with van der Waals surface area (Å²) in [5, 5.41) is 5.11. The van der Waals surface area contributed by atoms with E-state index in [9.17, 15) is 4.79 Å². The molecule has 0 bridgehead atoms. The van der Waals surface area contributed by atoms with Crippen molar-refractivity contribution in [1.29, 1.82) is 0 Å². The van der Waals surface area contributed by atoms with Crippen molar-refractivity contribution in [1.82, 2.24) is 19.7 Å². The highest BCUT2D eigenvalue weighted by Crippen LogP contribution is 2.24. The van der Waals surface area contributed by atoms with Crippen molar-refractivity contribution in [3.8, 4) is 5.75 Å². The molecule has 0 atom stereocenters. The van der Waals surface area contributed by atoms with Gasteiger partial charge in [0, 0.05) is 31.9 Å². The number of benzene rings is 1. The number of likely N-dealkylation sites (tertiary alicyclic amines) is 1. The molecule has 0 saturated carbocycles. The molecule has 4 rings (SSSR count). The molecular weight excluding hydrogens is 328 g/mol. The van der Waals surface area contributed by atoms with Crippen molar-refractivity contribution >= 4 is 16.9 Å². The van der Waals surface area contributed by atoms with Gasteiger partial charge >= 0.3 is 0 Å². The molecule has 0 N–H and O–H groups in total. The first-order valence-corrected chi connectivity index (χ1v) is 9.00. The van der Waals surface area contributed by atoms with Crippen LogP contribution >= 0.6 is 0 Å². The lowest BCUT2D eigenvalue weighted by Crippen LogP contribution is -2.35. The van der Waals surface area contributed by atoms with Gasteiger partial charge in [-0.15, -0.1) is 0 Å². The van der Waals surface area contributed by atoms with Crippen LogP contribution in [-0.4, -0.2) is 38.7 Å². The van der Waals surface area contributed by atoms with Crippen LogP contribution in [0.5, 0.6) is 5.75 Å². The second kappa shape index (κ2) is 7.15. The fraction of sp³-hybridized carbons (Fsp3) is 0.350. The van der Waals surface area contributed by atoms with Gasteiger partial charge in [0.15, 0.2) is 5.65 Å². The summed E-state index contributed by atoms with van der Waals surface area (Å²) >= 11 is 0. The van der Waals surface area contributed by atoms with Gasteiger partial charge in [0.25, 0.3) is 5.91 Å². The Hall–Kier alpha value is -2.89. The van der Waals surface area contributed by atoms with Crippen LogP contribution in [0.3, 0.4) is 0 Å². The SMILES string of the molecule is Cn1ncc2c(OCc3cccc(C(=O)N4CCCCC4)c3)ccnc21. The number of carbonyl (C=O) groups is 1. The smallest absolute Gasteiger partial charge is 0.253 e. The van der Waals surface area contributed by atoms with Gasteiger partial charge in [0.05, 0.1) is 11.6 Å². The fourth-order valence-corrected chi connectivity index (χ4v) is 3.38. The molecule has 1 fully saturated rings. The third-order valence-electron chi connectivity index (χ3n) is 4.81. The monoisotopic (exact) mass is 350 g/mol. The molecule has 2 aromatic heterocycles. The van der Waals surface area contributed by atoms with Crippen molar-refractivity contribution in [2.45, 2.75) is 25.9 Å². The average molecular weight is 350 g/mol.